The second kappa shape index (κ2) is 14.0. The van der Waals surface area contributed by atoms with E-state index in [0.717, 1.165) is 6.42 Å². The minimum atomic E-state index is -0.0952. The molecule has 0 saturated heterocycles. The molecule has 2 aliphatic carbocycles. The lowest BCUT2D eigenvalue weighted by atomic mass is 9.67. The molecule has 1 saturated carbocycles. The first kappa shape index (κ1) is 32.9. The van der Waals surface area contributed by atoms with Crippen molar-refractivity contribution in [2.75, 3.05) is 0 Å². The molecule has 3 rings (SSSR count). The number of fused-ring (bicyclic) bond motifs is 1. The van der Waals surface area contributed by atoms with E-state index in [1.165, 1.54) is 65.5 Å². The normalized spacial score (nSPS) is 28.0. The van der Waals surface area contributed by atoms with Crippen LogP contribution in [0.1, 0.15) is 108 Å². The largest absolute Gasteiger partial charge is 0.359 e. The maximum absolute atomic E-state index is 6.56. The number of hydrogen-bond donors (Lipinski definition) is 0. The summed E-state index contributed by atoms with van der Waals surface area (Å²) in [6.45, 7) is 22.7. The summed E-state index contributed by atoms with van der Waals surface area (Å²) < 4.78 is 6.56. The fourth-order valence-corrected chi connectivity index (χ4v) is 6.67. The molecule has 0 spiro atoms. The molecule has 0 amide bonds. The molecule has 2 atom stereocenters. The van der Waals surface area contributed by atoms with Gasteiger partial charge < -0.3 is 4.74 Å². The summed E-state index contributed by atoms with van der Waals surface area (Å²) in [7, 11) is 0. The van der Waals surface area contributed by atoms with Crippen LogP contribution in [0.25, 0.3) is 0 Å². The van der Waals surface area contributed by atoms with Crippen molar-refractivity contribution in [3.63, 3.8) is 0 Å². The average Bonchev–Trinajstić information content (AvgIpc) is 3.25. The summed E-state index contributed by atoms with van der Waals surface area (Å²) in [5, 5.41) is 0. The van der Waals surface area contributed by atoms with Gasteiger partial charge in [0.25, 0.3) is 0 Å². The lowest BCUT2D eigenvalue weighted by Crippen LogP contribution is -2.39. The van der Waals surface area contributed by atoms with Crippen molar-refractivity contribution >= 4 is 0 Å². The van der Waals surface area contributed by atoms with E-state index in [2.05, 4.69) is 148 Å². The second-order valence-corrected chi connectivity index (χ2v) is 14.1. The summed E-state index contributed by atoms with van der Waals surface area (Å²) in [4.78, 5) is 0. The van der Waals surface area contributed by atoms with Crippen LogP contribution in [0.5, 0.6) is 0 Å². The predicted octanol–water partition coefficient (Wildman–Crippen LogP) is 11.8. The maximum atomic E-state index is 6.56. The Hall–Kier alpha value is -2.64. The number of hydrogen-bond acceptors (Lipinski definition) is 1. The highest BCUT2D eigenvalue weighted by Crippen LogP contribution is 2.51. The van der Waals surface area contributed by atoms with Crippen molar-refractivity contribution in [3.05, 3.63) is 118 Å². The third-order valence-electron chi connectivity index (χ3n) is 9.23. The highest BCUT2D eigenvalue weighted by molar-refractivity contribution is 5.38. The van der Waals surface area contributed by atoms with Crippen molar-refractivity contribution in [2.24, 2.45) is 10.8 Å². The van der Waals surface area contributed by atoms with Gasteiger partial charge in [0, 0.05) is 0 Å². The zero-order valence-corrected chi connectivity index (χ0v) is 27.7. The fourth-order valence-electron chi connectivity index (χ4n) is 6.67. The van der Waals surface area contributed by atoms with E-state index in [0.29, 0.717) is 0 Å². The van der Waals surface area contributed by atoms with Crippen LogP contribution in [0, 0.1) is 10.8 Å². The van der Waals surface area contributed by atoms with Gasteiger partial charge in [0.2, 0.25) is 0 Å². The van der Waals surface area contributed by atoms with Gasteiger partial charge in [-0.05, 0) is 114 Å². The highest BCUT2D eigenvalue weighted by Gasteiger charge is 2.47. The molecule has 0 aromatic carbocycles. The SMILES string of the molecule is CC(C=CC=C(C)C=CC1=C(C)CCCC1(C)C)=CC=CC=C(C)C=CC=C(C)C1C=C2C(C)(C)CCCC2(C)O1. The van der Waals surface area contributed by atoms with Crippen LogP contribution in [0.3, 0.4) is 0 Å². The Morgan fingerprint density at radius 1 is 0.707 bits per heavy atom. The van der Waals surface area contributed by atoms with Crippen molar-refractivity contribution < 1.29 is 4.74 Å². The van der Waals surface area contributed by atoms with Crippen LogP contribution in [0.15, 0.2) is 118 Å². The average molecular weight is 553 g/mol. The van der Waals surface area contributed by atoms with E-state index in [1.54, 1.807) is 5.57 Å². The van der Waals surface area contributed by atoms with Crippen LogP contribution < -0.4 is 0 Å². The number of rotatable bonds is 9. The second-order valence-electron chi connectivity index (χ2n) is 14.1. The van der Waals surface area contributed by atoms with Gasteiger partial charge in [-0.25, -0.2) is 0 Å². The highest BCUT2D eigenvalue weighted by atomic mass is 16.5. The first-order chi connectivity index (χ1) is 19.2. The molecule has 0 N–H and O–H groups in total. The van der Waals surface area contributed by atoms with Crippen LogP contribution >= 0.6 is 0 Å². The van der Waals surface area contributed by atoms with Crippen LogP contribution in [-0.4, -0.2) is 11.7 Å². The van der Waals surface area contributed by atoms with Gasteiger partial charge in [-0.1, -0.05) is 123 Å². The molecule has 0 aromatic heterocycles. The molecule has 1 aliphatic heterocycles. The number of ether oxygens (including phenoxy) is 1. The topological polar surface area (TPSA) is 9.23 Å². The molecule has 2 unspecified atom stereocenters. The molecular weight excluding hydrogens is 496 g/mol. The number of allylic oxidation sites excluding steroid dienone is 17. The molecule has 1 nitrogen and oxygen atoms in total. The Bertz CT molecular complexity index is 1260. The third kappa shape index (κ3) is 9.17. The van der Waals surface area contributed by atoms with Gasteiger partial charge in [-0.2, -0.15) is 0 Å². The summed E-state index contributed by atoms with van der Waals surface area (Å²) >= 11 is 0. The van der Waals surface area contributed by atoms with E-state index in [-0.39, 0.29) is 22.5 Å². The molecule has 3 aliphatic rings. The first-order valence-corrected chi connectivity index (χ1v) is 15.7. The van der Waals surface area contributed by atoms with Crippen LogP contribution in [0.4, 0.5) is 0 Å². The molecule has 0 aromatic rings. The molecule has 1 heterocycles. The van der Waals surface area contributed by atoms with Crippen molar-refractivity contribution in [1.82, 2.24) is 0 Å². The Balaban J connectivity index is 1.51. The Kier molecular flexibility index (Phi) is 11.2. The summed E-state index contributed by atoms with van der Waals surface area (Å²) in [5.41, 5.74) is 9.97. The smallest absolute Gasteiger partial charge is 0.0982 e. The zero-order chi connectivity index (χ0) is 30.3. The third-order valence-corrected chi connectivity index (χ3v) is 9.23. The van der Waals surface area contributed by atoms with Gasteiger partial charge in [0.15, 0.2) is 0 Å². The van der Waals surface area contributed by atoms with E-state index >= 15 is 0 Å². The fraction of sp³-hybridized carbons (Fsp3) is 0.500. The van der Waals surface area contributed by atoms with Crippen molar-refractivity contribution in [2.45, 2.75) is 119 Å². The van der Waals surface area contributed by atoms with Crippen molar-refractivity contribution in [1.29, 1.82) is 0 Å². The van der Waals surface area contributed by atoms with Gasteiger partial charge in [0.05, 0.1) is 11.7 Å². The molecule has 41 heavy (non-hydrogen) atoms. The minimum Gasteiger partial charge on any atom is -0.359 e. The lowest BCUT2D eigenvalue weighted by Gasteiger charge is -2.42. The van der Waals surface area contributed by atoms with E-state index in [9.17, 15) is 0 Å². The van der Waals surface area contributed by atoms with Crippen LogP contribution in [-0.2, 0) is 4.74 Å². The van der Waals surface area contributed by atoms with Crippen molar-refractivity contribution in [3.8, 4) is 0 Å². The summed E-state index contributed by atoms with van der Waals surface area (Å²) in [6.07, 6.45) is 36.0. The Morgan fingerprint density at radius 2 is 1.27 bits per heavy atom. The monoisotopic (exact) mass is 552 g/mol. The molecule has 1 fully saturated rings. The molecule has 1 heteroatoms. The molecule has 0 radical (unpaired) electrons. The van der Waals surface area contributed by atoms with E-state index in [4.69, 9.17) is 4.74 Å². The predicted molar refractivity (Wildman–Crippen MR) is 181 cm³/mol. The zero-order valence-electron chi connectivity index (χ0n) is 27.7. The lowest BCUT2D eigenvalue weighted by molar-refractivity contribution is -0.0307. The standard InChI is InChI=1S/C40H56O/c1-30(19-13-20-32(3)24-25-35-33(4)23-15-26-38(35,6)7)17-11-12-18-31(2)21-14-22-34(5)36-29-37-39(8,9)27-16-28-40(37,10)41-36/h11-14,17-22,24-25,29,36H,15-16,23,26-28H2,1-10H3. The first-order valence-electron chi connectivity index (χ1n) is 15.7. The van der Waals surface area contributed by atoms with Gasteiger partial charge >= 0.3 is 0 Å². The molecule has 222 valence electrons. The van der Waals surface area contributed by atoms with Gasteiger partial charge in [-0.3, -0.25) is 0 Å². The Morgan fingerprint density at radius 3 is 1.88 bits per heavy atom. The maximum Gasteiger partial charge on any atom is 0.0982 e. The Labute approximate surface area is 252 Å². The van der Waals surface area contributed by atoms with Gasteiger partial charge in [-0.15, -0.1) is 0 Å². The van der Waals surface area contributed by atoms with Crippen LogP contribution in [0.2, 0.25) is 0 Å². The quantitative estimate of drug-likeness (QED) is 0.204. The minimum absolute atomic E-state index is 0.0858. The summed E-state index contributed by atoms with van der Waals surface area (Å²) in [5.74, 6) is 0. The molecular formula is C40H56O. The van der Waals surface area contributed by atoms with E-state index < -0.39 is 0 Å². The summed E-state index contributed by atoms with van der Waals surface area (Å²) in [6, 6.07) is 0. The van der Waals surface area contributed by atoms with Gasteiger partial charge in [0.1, 0.15) is 0 Å². The molecule has 0 bridgehead atoms. The van der Waals surface area contributed by atoms with E-state index in [1.807, 2.05) is 0 Å².